The van der Waals surface area contributed by atoms with Crippen molar-refractivity contribution >= 4 is 12.0 Å². The van der Waals surface area contributed by atoms with Crippen molar-refractivity contribution in [1.29, 1.82) is 0 Å². The number of pyridine rings is 1. The van der Waals surface area contributed by atoms with Gasteiger partial charge in [0.25, 0.3) is 5.91 Å². The molecule has 5 heteroatoms. The smallest absolute Gasteiger partial charge is 0.416 e. The molecule has 0 aromatic carbocycles. The average molecular weight is 220 g/mol. The Hall–Kier alpha value is -1.91. The number of rotatable bonds is 0. The van der Waals surface area contributed by atoms with Gasteiger partial charge in [-0.2, -0.15) is 0 Å². The number of aromatic nitrogens is 1. The molecule has 0 atom stereocenters. The molecule has 2 rings (SSSR count). The van der Waals surface area contributed by atoms with Crippen LogP contribution in [0.5, 0.6) is 0 Å². The number of fused-ring (bicyclic) bond motifs is 1. The molecule has 0 unspecified atom stereocenters. The van der Waals surface area contributed by atoms with Gasteiger partial charge < -0.3 is 4.74 Å². The van der Waals surface area contributed by atoms with Gasteiger partial charge in [0.2, 0.25) is 0 Å². The topological polar surface area (TPSA) is 59.5 Å². The third-order valence-corrected chi connectivity index (χ3v) is 2.56. The van der Waals surface area contributed by atoms with Crippen LogP contribution in [0.4, 0.5) is 4.79 Å². The first-order chi connectivity index (χ1) is 7.63. The molecule has 0 aliphatic carbocycles. The zero-order valence-corrected chi connectivity index (χ0v) is 9.19. The molecule has 0 saturated carbocycles. The second kappa shape index (κ2) is 3.92. The number of carbonyl (C=O) groups is 2. The highest BCUT2D eigenvalue weighted by molar-refractivity contribution is 6.04. The van der Waals surface area contributed by atoms with Crippen LogP contribution in [0.3, 0.4) is 0 Å². The van der Waals surface area contributed by atoms with Crippen molar-refractivity contribution in [2.75, 3.05) is 13.7 Å². The molecule has 0 spiro atoms. The molecule has 2 heterocycles. The van der Waals surface area contributed by atoms with Crippen LogP contribution in [0.2, 0.25) is 0 Å². The predicted molar refractivity (Wildman–Crippen MR) is 56.1 cm³/mol. The van der Waals surface area contributed by atoms with Crippen molar-refractivity contribution in [3.8, 4) is 0 Å². The maximum atomic E-state index is 11.9. The largest absolute Gasteiger partial charge is 0.452 e. The minimum atomic E-state index is -0.615. The highest BCUT2D eigenvalue weighted by atomic mass is 16.5. The van der Waals surface area contributed by atoms with E-state index in [9.17, 15) is 9.59 Å². The summed E-state index contributed by atoms with van der Waals surface area (Å²) in [4.78, 5) is 28.6. The van der Waals surface area contributed by atoms with E-state index in [-0.39, 0.29) is 5.91 Å². The fourth-order valence-electron chi connectivity index (χ4n) is 1.74. The van der Waals surface area contributed by atoms with Gasteiger partial charge in [-0.15, -0.1) is 0 Å². The van der Waals surface area contributed by atoms with Gasteiger partial charge in [0.05, 0.1) is 18.4 Å². The Labute approximate surface area is 93.0 Å². The van der Waals surface area contributed by atoms with E-state index in [2.05, 4.69) is 9.72 Å². The number of aryl methyl sites for hydroxylation is 1. The van der Waals surface area contributed by atoms with E-state index in [4.69, 9.17) is 0 Å². The van der Waals surface area contributed by atoms with E-state index in [1.807, 2.05) is 6.92 Å². The highest BCUT2D eigenvalue weighted by Gasteiger charge is 2.30. The van der Waals surface area contributed by atoms with Crippen LogP contribution in [0.25, 0.3) is 0 Å². The zero-order chi connectivity index (χ0) is 11.7. The third kappa shape index (κ3) is 1.64. The van der Waals surface area contributed by atoms with Gasteiger partial charge in [-0.3, -0.25) is 9.78 Å². The van der Waals surface area contributed by atoms with Crippen LogP contribution in [-0.2, 0) is 11.2 Å². The molecular formula is C11H12N2O3. The molecular weight excluding hydrogens is 208 g/mol. The second-order valence-corrected chi connectivity index (χ2v) is 3.62. The quantitative estimate of drug-likeness (QED) is 0.658. The van der Waals surface area contributed by atoms with Crippen LogP contribution < -0.4 is 0 Å². The molecule has 5 nitrogen and oxygen atoms in total. The van der Waals surface area contributed by atoms with Gasteiger partial charge in [0.1, 0.15) is 0 Å². The summed E-state index contributed by atoms with van der Waals surface area (Å²) >= 11 is 0. The summed E-state index contributed by atoms with van der Waals surface area (Å²) in [6.45, 7) is 2.20. The number of methoxy groups -OCH3 is 1. The van der Waals surface area contributed by atoms with Gasteiger partial charge in [-0.05, 0) is 19.1 Å². The van der Waals surface area contributed by atoms with E-state index >= 15 is 0 Å². The van der Waals surface area contributed by atoms with Crippen LogP contribution in [0.15, 0.2) is 12.1 Å². The number of nitrogens with zero attached hydrogens (tertiary/aromatic N) is 2. The van der Waals surface area contributed by atoms with Crippen LogP contribution >= 0.6 is 0 Å². The van der Waals surface area contributed by atoms with Crippen LogP contribution in [0.1, 0.15) is 21.7 Å². The first kappa shape index (κ1) is 10.6. The normalized spacial score (nSPS) is 14.6. The summed E-state index contributed by atoms with van der Waals surface area (Å²) in [6, 6.07) is 3.46. The summed E-state index contributed by atoms with van der Waals surface area (Å²) < 4.78 is 4.54. The summed E-state index contributed by atoms with van der Waals surface area (Å²) in [5, 5.41) is 0. The van der Waals surface area contributed by atoms with Gasteiger partial charge in [0.15, 0.2) is 0 Å². The van der Waals surface area contributed by atoms with Crippen molar-refractivity contribution in [3.05, 3.63) is 29.1 Å². The maximum absolute atomic E-state index is 11.9. The molecule has 0 fully saturated rings. The monoisotopic (exact) mass is 220 g/mol. The summed E-state index contributed by atoms with van der Waals surface area (Å²) in [5.74, 6) is -0.333. The molecule has 0 N–H and O–H groups in total. The fraction of sp³-hybridized carbons (Fsp3) is 0.364. The number of amides is 2. The van der Waals surface area contributed by atoms with Crippen molar-refractivity contribution in [2.45, 2.75) is 13.3 Å². The molecule has 16 heavy (non-hydrogen) atoms. The van der Waals surface area contributed by atoms with E-state index < -0.39 is 6.09 Å². The molecule has 84 valence electrons. The van der Waals surface area contributed by atoms with E-state index in [0.717, 1.165) is 16.3 Å². The molecule has 0 saturated heterocycles. The Bertz CT molecular complexity index is 457. The molecule has 1 aliphatic heterocycles. The first-order valence-corrected chi connectivity index (χ1v) is 5.00. The summed E-state index contributed by atoms with van der Waals surface area (Å²) in [7, 11) is 1.26. The Balaban J connectivity index is 2.36. The van der Waals surface area contributed by atoms with Crippen molar-refractivity contribution in [3.63, 3.8) is 0 Å². The van der Waals surface area contributed by atoms with E-state index in [1.165, 1.54) is 7.11 Å². The third-order valence-electron chi connectivity index (χ3n) is 2.56. The average Bonchev–Trinajstić information content (AvgIpc) is 2.28. The fourth-order valence-corrected chi connectivity index (χ4v) is 1.74. The Kier molecular flexibility index (Phi) is 2.60. The molecule has 1 aliphatic rings. The molecule has 2 amide bonds. The second-order valence-electron chi connectivity index (χ2n) is 3.62. The number of hydrogen-bond donors (Lipinski definition) is 0. The number of hydrogen-bond acceptors (Lipinski definition) is 4. The van der Waals surface area contributed by atoms with Crippen molar-refractivity contribution in [1.82, 2.24) is 9.88 Å². The van der Waals surface area contributed by atoms with Gasteiger partial charge in [-0.1, -0.05) is 0 Å². The zero-order valence-electron chi connectivity index (χ0n) is 9.19. The summed E-state index contributed by atoms with van der Waals surface area (Å²) in [6.07, 6.45) is -0.0334. The van der Waals surface area contributed by atoms with Crippen molar-refractivity contribution < 1.29 is 14.3 Å². The van der Waals surface area contributed by atoms with E-state index in [1.54, 1.807) is 12.1 Å². The van der Waals surface area contributed by atoms with Gasteiger partial charge in [0, 0.05) is 18.7 Å². The van der Waals surface area contributed by atoms with Gasteiger partial charge in [-0.25, -0.2) is 9.69 Å². The lowest BCUT2D eigenvalue weighted by atomic mass is 10.0. The lowest BCUT2D eigenvalue weighted by Gasteiger charge is -2.25. The van der Waals surface area contributed by atoms with Crippen LogP contribution in [0, 0.1) is 6.92 Å². The Morgan fingerprint density at radius 1 is 1.50 bits per heavy atom. The van der Waals surface area contributed by atoms with Crippen molar-refractivity contribution in [2.24, 2.45) is 0 Å². The lowest BCUT2D eigenvalue weighted by molar-refractivity contribution is 0.0690. The Morgan fingerprint density at radius 2 is 2.25 bits per heavy atom. The van der Waals surface area contributed by atoms with Crippen LogP contribution in [-0.4, -0.2) is 35.5 Å². The predicted octanol–water partition coefficient (Wildman–Crippen LogP) is 1.15. The highest BCUT2D eigenvalue weighted by Crippen LogP contribution is 2.18. The molecule has 0 bridgehead atoms. The molecule has 0 radical (unpaired) electrons. The minimum Gasteiger partial charge on any atom is -0.452 e. The molecule has 1 aromatic rings. The van der Waals surface area contributed by atoms with E-state index in [0.29, 0.717) is 18.5 Å². The number of ether oxygens (including phenoxy) is 1. The standard InChI is InChI=1S/C11H12N2O3/c1-7-3-4-8-9(12-7)5-6-13(10(8)14)11(15)16-2/h3-4H,5-6H2,1-2H3. The Morgan fingerprint density at radius 3 is 2.94 bits per heavy atom. The summed E-state index contributed by atoms with van der Waals surface area (Å²) in [5.41, 5.74) is 2.12. The molecule has 1 aromatic heterocycles. The van der Waals surface area contributed by atoms with Gasteiger partial charge >= 0.3 is 6.09 Å². The number of carbonyl (C=O) groups excluding carboxylic acids is 2. The SMILES string of the molecule is COC(=O)N1CCc2nc(C)ccc2C1=O. The number of imide groups is 1. The first-order valence-electron chi connectivity index (χ1n) is 5.00. The lowest BCUT2D eigenvalue weighted by Crippen LogP contribution is -2.42. The minimum absolute atomic E-state index is 0.328. The maximum Gasteiger partial charge on any atom is 0.416 e.